The molecule has 0 aliphatic carbocycles. The summed E-state index contributed by atoms with van der Waals surface area (Å²) < 4.78 is 16.9. The summed E-state index contributed by atoms with van der Waals surface area (Å²) in [6.07, 6.45) is -0.699. The number of carbonyl (C=O) groups is 1. The van der Waals surface area contributed by atoms with E-state index in [1.807, 2.05) is 43.3 Å². The number of amides is 1. The maximum Gasteiger partial charge on any atom is 0.264 e. The number of fused-ring (bicyclic) bond motifs is 1. The van der Waals surface area contributed by atoms with Crippen LogP contribution in [0.1, 0.15) is 12.5 Å². The topological polar surface area (TPSA) is 56.8 Å². The van der Waals surface area contributed by atoms with Crippen LogP contribution in [0.25, 0.3) is 0 Å². The van der Waals surface area contributed by atoms with Gasteiger partial charge < -0.3 is 19.5 Å². The zero-order valence-electron chi connectivity index (χ0n) is 14.1. The molecule has 1 aliphatic rings. The fraction of sp³-hybridized carbons (Fsp3) is 0.316. The summed E-state index contributed by atoms with van der Waals surface area (Å²) in [5, 5.41) is 3.50. The van der Waals surface area contributed by atoms with Gasteiger partial charge in [0.1, 0.15) is 12.2 Å². The number of carbonyl (C=O) groups excluding carboxylic acids is 1. The molecule has 1 N–H and O–H groups in total. The molecule has 0 spiro atoms. The largest absolute Gasteiger partial charge is 0.485 e. The lowest BCUT2D eigenvalue weighted by atomic mass is 9.95. The van der Waals surface area contributed by atoms with Gasteiger partial charge in [0.15, 0.2) is 11.5 Å². The number of benzene rings is 2. The fourth-order valence-corrected chi connectivity index (χ4v) is 2.82. The standard InChI is InChI=1S/C19H20ClNO4/c1-19(23-2,13-6-5-7-14(20)10-13)12-21-18(22)17-11-24-15-8-3-4-9-16(15)25-17/h3-10,17H,11-12H2,1-2H3,(H,21,22). The van der Waals surface area contributed by atoms with Crippen LogP contribution < -0.4 is 14.8 Å². The van der Waals surface area contributed by atoms with Gasteiger partial charge in [-0.05, 0) is 36.8 Å². The second-order valence-electron chi connectivity index (χ2n) is 6.03. The molecule has 1 heterocycles. The van der Waals surface area contributed by atoms with Crippen molar-refractivity contribution in [1.82, 2.24) is 5.32 Å². The molecule has 25 heavy (non-hydrogen) atoms. The Kier molecular flexibility index (Phi) is 5.16. The normalized spacial score (nSPS) is 18.3. The van der Waals surface area contributed by atoms with E-state index in [0.717, 1.165) is 5.56 Å². The van der Waals surface area contributed by atoms with E-state index in [-0.39, 0.29) is 19.1 Å². The Morgan fingerprint density at radius 3 is 2.76 bits per heavy atom. The second-order valence-corrected chi connectivity index (χ2v) is 6.46. The van der Waals surface area contributed by atoms with Gasteiger partial charge in [0, 0.05) is 12.1 Å². The highest BCUT2D eigenvalue weighted by Gasteiger charge is 2.31. The molecular weight excluding hydrogens is 342 g/mol. The van der Waals surface area contributed by atoms with Crippen molar-refractivity contribution in [1.29, 1.82) is 0 Å². The first-order chi connectivity index (χ1) is 12.0. The third-order valence-electron chi connectivity index (χ3n) is 4.29. The number of methoxy groups -OCH3 is 1. The maximum absolute atomic E-state index is 12.5. The predicted octanol–water partition coefficient (Wildman–Crippen LogP) is 3.16. The van der Waals surface area contributed by atoms with Crippen LogP contribution in [0.5, 0.6) is 11.5 Å². The number of ether oxygens (including phenoxy) is 3. The van der Waals surface area contributed by atoms with Crippen molar-refractivity contribution in [3.05, 3.63) is 59.1 Å². The van der Waals surface area contributed by atoms with E-state index in [9.17, 15) is 4.79 Å². The molecule has 132 valence electrons. The SMILES string of the molecule is COC(C)(CNC(=O)C1COc2ccccc2O1)c1cccc(Cl)c1. The van der Waals surface area contributed by atoms with Gasteiger partial charge in [-0.1, -0.05) is 35.9 Å². The van der Waals surface area contributed by atoms with Crippen LogP contribution in [0.2, 0.25) is 5.02 Å². The Balaban J connectivity index is 1.65. The molecule has 5 nitrogen and oxygen atoms in total. The summed E-state index contributed by atoms with van der Waals surface area (Å²) in [7, 11) is 1.60. The number of rotatable bonds is 5. The molecule has 0 saturated carbocycles. The zero-order valence-corrected chi connectivity index (χ0v) is 14.9. The first-order valence-electron chi connectivity index (χ1n) is 7.99. The minimum Gasteiger partial charge on any atom is -0.485 e. The highest BCUT2D eigenvalue weighted by molar-refractivity contribution is 6.30. The van der Waals surface area contributed by atoms with Gasteiger partial charge in [0.05, 0.1) is 6.54 Å². The van der Waals surface area contributed by atoms with Crippen molar-refractivity contribution < 1.29 is 19.0 Å². The summed E-state index contributed by atoms with van der Waals surface area (Å²) in [6.45, 7) is 2.35. The van der Waals surface area contributed by atoms with Gasteiger partial charge in [0.25, 0.3) is 5.91 Å². The third kappa shape index (κ3) is 3.89. The van der Waals surface area contributed by atoms with Gasteiger partial charge in [-0.15, -0.1) is 0 Å². The summed E-state index contributed by atoms with van der Waals surface area (Å²) >= 11 is 6.06. The molecule has 2 aromatic rings. The molecule has 1 aliphatic heterocycles. The first kappa shape index (κ1) is 17.6. The molecule has 2 atom stereocenters. The molecule has 0 bridgehead atoms. The van der Waals surface area contributed by atoms with Crippen LogP contribution in [0.4, 0.5) is 0 Å². The summed E-state index contributed by atoms with van der Waals surface area (Å²) in [5.74, 6) is 0.963. The minimum atomic E-state index is -0.700. The van der Waals surface area contributed by atoms with Crippen molar-refractivity contribution in [3.63, 3.8) is 0 Å². The van der Waals surface area contributed by atoms with Gasteiger partial charge in [-0.25, -0.2) is 0 Å². The molecule has 0 fully saturated rings. The maximum atomic E-state index is 12.5. The summed E-state index contributed by atoms with van der Waals surface area (Å²) in [4.78, 5) is 12.5. The highest BCUT2D eigenvalue weighted by Crippen LogP contribution is 2.31. The van der Waals surface area contributed by atoms with Crippen molar-refractivity contribution in [2.24, 2.45) is 0 Å². The van der Waals surface area contributed by atoms with E-state index < -0.39 is 11.7 Å². The Hall–Kier alpha value is -2.24. The molecule has 0 saturated heterocycles. The van der Waals surface area contributed by atoms with E-state index in [0.29, 0.717) is 16.5 Å². The molecule has 2 aromatic carbocycles. The van der Waals surface area contributed by atoms with E-state index in [4.69, 9.17) is 25.8 Å². The minimum absolute atomic E-state index is 0.170. The lowest BCUT2D eigenvalue weighted by Gasteiger charge is -2.31. The van der Waals surface area contributed by atoms with E-state index in [2.05, 4.69) is 5.32 Å². The smallest absolute Gasteiger partial charge is 0.264 e. The van der Waals surface area contributed by atoms with Crippen LogP contribution in [-0.4, -0.2) is 32.3 Å². The number of hydrogen-bond donors (Lipinski definition) is 1. The van der Waals surface area contributed by atoms with Crippen molar-refractivity contribution in [3.8, 4) is 11.5 Å². The Bertz CT molecular complexity index is 767. The van der Waals surface area contributed by atoms with Crippen LogP contribution in [0, 0.1) is 0 Å². The third-order valence-corrected chi connectivity index (χ3v) is 4.52. The molecule has 0 radical (unpaired) electrons. The Morgan fingerprint density at radius 1 is 1.28 bits per heavy atom. The lowest BCUT2D eigenvalue weighted by molar-refractivity contribution is -0.131. The number of nitrogens with one attached hydrogen (secondary N) is 1. The van der Waals surface area contributed by atoms with Gasteiger partial charge in [-0.2, -0.15) is 0 Å². The van der Waals surface area contributed by atoms with Crippen molar-refractivity contribution in [2.45, 2.75) is 18.6 Å². The Labute approximate surface area is 151 Å². The quantitative estimate of drug-likeness (QED) is 0.888. The molecule has 3 rings (SSSR count). The Morgan fingerprint density at radius 2 is 2.04 bits per heavy atom. The van der Waals surface area contributed by atoms with Crippen molar-refractivity contribution >= 4 is 17.5 Å². The second kappa shape index (κ2) is 7.33. The monoisotopic (exact) mass is 361 g/mol. The molecule has 0 aromatic heterocycles. The van der Waals surface area contributed by atoms with Gasteiger partial charge >= 0.3 is 0 Å². The lowest BCUT2D eigenvalue weighted by Crippen LogP contribution is -2.48. The van der Waals surface area contributed by atoms with E-state index >= 15 is 0 Å². The van der Waals surface area contributed by atoms with E-state index in [1.165, 1.54) is 0 Å². The van der Waals surface area contributed by atoms with Crippen LogP contribution in [0.15, 0.2) is 48.5 Å². The van der Waals surface area contributed by atoms with Crippen LogP contribution in [0.3, 0.4) is 0 Å². The summed E-state index contributed by atoms with van der Waals surface area (Å²) in [5.41, 5.74) is 0.183. The van der Waals surface area contributed by atoms with Gasteiger partial charge in [0.2, 0.25) is 6.10 Å². The van der Waals surface area contributed by atoms with Crippen LogP contribution in [-0.2, 0) is 15.1 Å². The predicted molar refractivity (Wildman–Crippen MR) is 95.2 cm³/mol. The molecular formula is C19H20ClNO4. The fourth-order valence-electron chi connectivity index (χ4n) is 2.63. The molecule has 6 heteroatoms. The van der Waals surface area contributed by atoms with E-state index in [1.54, 1.807) is 19.2 Å². The first-order valence-corrected chi connectivity index (χ1v) is 8.37. The van der Waals surface area contributed by atoms with Crippen molar-refractivity contribution in [2.75, 3.05) is 20.3 Å². The average molecular weight is 362 g/mol. The molecule has 2 unspecified atom stereocenters. The number of para-hydroxylation sites is 2. The highest BCUT2D eigenvalue weighted by atomic mass is 35.5. The number of halogens is 1. The average Bonchev–Trinajstić information content (AvgIpc) is 2.65. The molecule has 1 amide bonds. The van der Waals surface area contributed by atoms with Crippen LogP contribution >= 0.6 is 11.6 Å². The summed E-state index contributed by atoms with van der Waals surface area (Å²) in [6, 6.07) is 14.7. The number of hydrogen-bond acceptors (Lipinski definition) is 4. The van der Waals surface area contributed by atoms with Gasteiger partial charge in [-0.3, -0.25) is 4.79 Å². The zero-order chi connectivity index (χ0) is 17.9.